The highest BCUT2D eigenvalue weighted by atomic mass is 127. The highest BCUT2D eigenvalue weighted by Crippen LogP contribution is 1.88. The van der Waals surface area contributed by atoms with Gasteiger partial charge in [0, 0.05) is 26.2 Å². The first-order chi connectivity index (χ1) is 7.67. The number of hydrogen-bond acceptors (Lipinski definition) is 2. The Balaban J connectivity index is 0. The highest BCUT2D eigenvalue weighted by molar-refractivity contribution is 14.0. The molecule has 104 valence electrons. The van der Waals surface area contributed by atoms with Gasteiger partial charge in [-0.05, 0) is 26.4 Å². The Labute approximate surface area is 124 Å². The summed E-state index contributed by atoms with van der Waals surface area (Å²) >= 11 is 0. The van der Waals surface area contributed by atoms with E-state index in [-0.39, 0.29) is 24.0 Å². The van der Waals surface area contributed by atoms with Crippen LogP contribution in [-0.2, 0) is 0 Å². The highest BCUT2D eigenvalue weighted by Gasteiger charge is 2.03. The number of hydrogen-bond donors (Lipinski definition) is 2. The number of halogens is 1. The van der Waals surface area contributed by atoms with E-state index in [1.807, 2.05) is 7.05 Å². The van der Waals surface area contributed by atoms with Crippen molar-refractivity contribution in [1.82, 2.24) is 15.5 Å². The summed E-state index contributed by atoms with van der Waals surface area (Å²) in [6.45, 7) is 12.9. The van der Waals surface area contributed by atoms with Gasteiger partial charge >= 0.3 is 0 Å². The molecule has 0 aromatic heterocycles. The second-order valence-corrected chi connectivity index (χ2v) is 3.98. The molecule has 0 bridgehead atoms. The summed E-state index contributed by atoms with van der Waals surface area (Å²) in [5.74, 6) is 0.904. The Morgan fingerprint density at radius 3 is 2.24 bits per heavy atom. The standard InChI is InChI=1S/C12H28N4.HI/c1-6-11(4)15-12(13-5)14-9-10-16(7-2)8-3;/h11H,6-10H2,1-5H3,(H2,13,14,15);1H. The fraction of sp³-hybridized carbons (Fsp3) is 0.917. The molecule has 5 heteroatoms. The minimum Gasteiger partial charge on any atom is -0.355 e. The third-order valence-corrected chi connectivity index (χ3v) is 2.83. The van der Waals surface area contributed by atoms with Gasteiger partial charge in [-0.25, -0.2) is 0 Å². The van der Waals surface area contributed by atoms with Crippen LogP contribution in [0.25, 0.3) is 0 Å². The molecular formula is C12H29IN4. The van der Waals surface area contributed by atoms with E-state index in [0.717, 1.165) is 38.6 Å². The van der Waals surface area contributed by atoms with Crippen molar-refractivity contribution in [2.24, 2.45) is 4.99 Å². The molecule has 0 radical (unpaired) electrons. The first kappa shape index (κ1) is 19.3. The fourth-order valence-corrected chi connectivity index (χ4v) is 1.40. The SMILES string of the molecule is CCC(C)NC(=NC)NCCN(CC)CC.I. The Hall–Kier alpha value is -0.0400. The van der Waals surface area contributed by atoms with Crippen molar-refractivity contribution in [3.8, 4) is 0 Å². The topological polar surface area (TPSA) is 39.7 Å². The molecule has 4 nitrogen and oxygen atoms in total. The van der Waals surface area contributed by atoms with Crippen molar-refractivity contribution < 1.29 is 0 Å². The van der Waals surface area contributed by atoms with E-state index in [4.69, 9.17) is 0 Å². The maximum Gasteiger partial charge on any atom is 0.191 e. The normalized spacial score (nSPS) is 13.2. The first-order valence-electron chi connectivity index (χ1n) is 6.37. The summed E-state index contributed by atoms with van der Waals surface area (Å²) in [4.78, 5) is 6.59. The van der Waals surface area contributed by atoms with Crippen LogP contribution >= 0.6 is 24.0 Å². The van der Waals surface area contributed by atoms with Crippen LogP contribution in [0.15, 0.2) is 4.99 Å². The zero-order valence-corrected chi connectivity index (χ0v) is 14.2. The predicted octanol–water partition coefficient (Wildman–Crippen LogP) is 1.91. The predicted molar refractivity (Wildman–Crippen MR) is 87.5 cm³/mol. The van der Waals surface area contributed by atoms with Gasteiger partial charge in [0.15, 0.2) is 5.96 Å². The smallest absolute Gasteiger partial charge is 0.191 e. The lowest BCUT2D eigenvalue weighted by molar-refractivity contribution is 0.308. The number of aliphatic imine (C=N–C) groups is 1. The van der Waals surface area contributed by atoms with Crippen LogP contribution in [0.4, 0.5) is 0 Å². The van der Waals surface area contributed by atoms with Crippen molar-refractivity contribution in [3.63, 3.8) is 0 Å². The molecule has 1 atom stereocenters. The second-order valence-electron chi connectivity index (χ2n) is 3.98. The molecule has 0 heterocycles. The van der Waals surface area contributed by atoms with Gasteiger partial charge < -0.3 is 15.5 Å². The fourth-order valence-electron chi connectivity index (χ4n) is 1.40. The Bertz CT molecular complexity index is 193. The summed E-state index contributed by atoms with van der Waals surface area (Å²) in [7, 11) is 1.81. The first-order valence-corrected chi connectivity index (χ1v) is 6.37. The Kier molecular flexibility index (Phi) is 14.1. The molecule has 0 saturated carbocycles. The van der Waals surface area contributed by atoms with Crippen molar-refractivity contribution in [2.45, 2.75) is 40.2 Å². The van der Waals surface area contributed by atoms with Crippen LogP contribution in [0.5, 0.6) is 0 Å². The van der Waals surface area contributed by atoms with E-state index >= 15 is 0 Å². The lowest BCUT2D eigenvalue weighted by Crippen LogP contribution is -2.44. The van der Waals surface area contributed by atoms with Gasteiger partial charge in [-0.1, -0.05) is 20.8 Å². The van der Waals surface area contributed by atoms with Crippen LogP contribution in [0.1, 0.15) is 34.1 Å². The summed E-state index contributed by atoms with van der Waals surface area (Å²) in [6, 6.07) is 0.472. The van der Waals surface area contributed by atoms with Crippen LogP contribution < -0.4 is 10.6 Å². The molecule has 0 aliphatic heterocycles. The number of nitrogens with zero attached hydrogens (tertiary/aromatic N) is 2. The molecule has 0 aromatic carbocycles. The molecule has 0 rings (SSSR count). The van der Waals surface area contributed by atoms with Gasteiger partial charge in [0.1, 0.15) is 0 Å². The van der Waals surface area contributed by atoms with Crippen LogP contribution in [0.3, 0.4) is 0 Å². The van der Waals surface area contributed by atoms with Gasteiger partial charge in [-0.2, -0.15) is 0 Å². The maximum atomic E-state index is 4.20. The van der Waals surface area contributed by atoms with Gasteiger partial charge in [-0.3, -0.25) is 4.99 Å². The summed E-state index contributed by atoms with van der Waals surface area (Å²) in [5.41, 5.74) is 0. The van der Waals surface area contributed by atoms with Gasteiger partial charge in [0.25, 0.3) is 0 Å². The minimum absolute atomic E-state index is 0. The summed E-state index contributed by atoms with van der Waals surface area (Å²) < 4.78 is 0. The molecule has 2 N–H and O–H groups in total. The molecule has 1 unspecified atom stereocenters. The van der Waals surface area contributed by atoms with E-state index in [9.17, 15) is 0 Å². The molecule has 0 saturated heterocycles. The molecule has 0 aliphatic rings. The number of nitrogens with one attached hydrogen (secondary N) is 2. The van der Waals surface area contributed by atoms with Crippen molar-refractivity contribution in [2.75, 3.05) is 33.2 Å². The van der Waals surface area contributed by atoms with Crippen LogP contribution in [-0.4, -0.2) is 50.1 Å². The number of likely N-dealkylation sites (N-methyl/N-ethyl adjacent to an activating group) is 1. The lowest BCUT2D eigenvalue weighted by Gasteiger charge is -2.20. The maximum absolute atomic E-state index is 4.20. The molecule has 0 aromatic rings. The van der Waals surface area contributed by atoms with E-state index in [2.05, 4.69) is 48.2 Å². The zero-order chi connectivity index (χ0) is 12.4. The van der Waals surface area contributed by atoms with Crippen LogP contribution in [0, 0.1) is 0 Å². The van der Waals surface area contributed by atoms with Gasteiger partial charge in [-0.15, -0.1) is 24.0 Å². The van der Waals surface area contributed by atoms with Gasteiger partial charge in [0.05, 0.1) is 0 Å². The summed E-state index contributed by atoms with van der Waals surface area (Å²) in [5, 5.41) is 6.68. The minimum atomic E-state index is 0. The molecule has 0 spiro atoms. The third-order valence-electron chi connectivity index (χ3n) is 2.83. The largest absolute Gasteiger partial charge is 0.355 e. The molecular weight excluding hydrogens is 327 g/mol. The van der Waals surface area contributed by atoms with Crippen molar-refractivity contribution >= 4 is 29.9 Å². The molecule has 0 aliphatic carbocycles. The molecule has 0 amide bonds. The van der Waals surface area contributed by atoms with Crippen molar-refractivity contribution in [1.29, 1.82) is 0 Å². The average Bonchev–Trinajstić information content (AvgIpc) is 2.32. The van der Waals surface area contributed by atoms with E-state index in [0.29, 0.717) is 6.04 Å². The molecule has 17 heavy (non-hydrogen) atoms. The Morgan fingerprint density at radius 1 is 1.24 bits per heavy atom. The summed E-state index contributed by atoms with van der Waals surface area (Å²) in [6.07, 6.45) is 1.11. The molecule has 0 fully saturated rings. The van der Waals surface area contributed by atoms with E-state index < -0.39 is 0 Å². The zero-order valence-electron chi connectivity index (χ0n) is 11.9. The second kappa shape index (κ2) is 12.4. The van der Waals surface area contributed by atoms with E-state index in [1.165, 1.54) is 0 Å². The average molecular weight is 356 g/mol. The van der Waals surface area contributed by atoms with Gasteiger partial charge in [0.2, 0.25) is 0 Å². The lowest BCUT2D eigenvalue weighted by atomic mass is 10.3. The quantitative estimate of drug-likeness (QED) is 0.416. The monoisotopic (exact) mass is 356 g/mol. The Morgan fingerprint density at radius 2 is 1.82 bits per heavy atom. The number of rotatable bonds is 7. The van der Waals surface area contributed by atoms with E-state index in [1.54, 1.807) is 0 Å². The third kappa shape index (κ3) is 9.64. The number of guanidine groups is 1. The van der Waals surface area contributed by atoms with Crippen molar-refractivity contribution in [3.05, 3.63) is 0 Å². The van der Waals surface area contributed by atoms with Crippen LogP contribution in [0.2, 0.25) is 0 Å².